The zero-order valence-corrected chi connectivity index (χ0v) is 26.5. The van der Waals surface area contributed by atoms with Gasteiger partial charge in [-0.2, -0.15) is 0 Å². The lowest BCUT2D eigenvalue weighted by molar-refractivity contribution is -0.138. The Kier molecular flexibility index (Phi) is 8.10. The molecule has 0 N–H and O–H groups in total. The maximum Gasteiger partial charge on any atom is 0.274 e. The fourth-order valence-electron chi connectivity index (χ4n) is 6.33. The highest BCUT2D eigenvalue weighted by Crippen LogP contribution is 2.56. The van der Waals surface area contributed by atoms with E-state index in [-0.39, 0.29) is 22.2 Å². The van der Waals surface area contributed by atoms with Crippen LogP contribution in [0.5, 0.6) is 17.2 Å². The molecule has 228 valence electrons. The van der Waals surface area contributed by atoms with Gasteiger partial charge < -0.3 is 19.1 Å². The average Bonchev–Trinajstić information content (AvgIpc) is 3.57. The number of hydrogen-bond donors (Lipinski definition) is 0. The van der Waals surface area contributed by atoms with Gasteiger partial charge in [0.05, 0.1) is 33.1 Å². The maximum absolute atomic E-state index is 15.3. The van der Waals surface area contributed by atoms with Crippen molar-refractivity contribution < 1.29 is 32.2 Å². The van der Waals surface area contributed by atoms with Crippen molar-refractivity contribution in [1.29, 1.82) is 0 Å². The minimum absolute atomic E-state index is 0.00969. The monoisotopic (exact) mass is 627 g/mol. The maximum atomic E-state index is 15.3. The van der Waals surface area contributed by atoms with Gasteiger partial charge in [0, 0.05) is 42.9 Å². The molecule has 2 atom stereocenters. The minimum Gasteiger partial charge on any atom is -0.497 e. The molecular formula is C31H34ClN3O7S. The van der Waals surface area contributed by atoms with E-state index in [9.17, 15) is 13.2 Å². The number of methoxy groups -OCH3 is 3. The van der Waals surface area contributed by atoms with Gasteiger partial charge in [-0.3, -0.25) is 14.5 Å². The van der Waals surface area contributed by atoms with Crippen LogP contribution < -0.4 is 18.5 Å². The molecule has 0 radical (unpaired) electrons. The summed E-state index contributed by atoms with van der Waals surface area (Å²) in [6.45, 7) is 2.18. The number of benzene rings is 3. The number of nitrogens with zero attached hydrogens (tertiary/aromatic N) is 3. The summed E-state index contributed by atoms with van der Waals surface area (Å²) in [6, 6.07) is 13.6. The fraction of sp³-hybridized carbons (Fsp3) is 0.355. The zero-order chi connectivity index (χ0) is 31.3. The summed E-state index contributed by atoms with van der Waals surface area (Å²) >= 11 is 6.58. The second-order valence-electron chi connectivity index (χ2n) is 10.7. The number of sulfonamides is 1. The Morgan fingerprint density at radius 2 is 1.72 bits per heavy atom. The predicted octanol–water partition coefficient (Wildman–Crippen LogP) is 4.21. The van der Waals surface area contributed by atoms with Crippen LogP contribution in [0, 0.1) is 6.92 Å². The molecule has 0 bridgehead atoms. The van der Waals surface area contributed by atoms with Crippen molar-refractivity contribution in [2.24, 2.45) is 0 Å². The second-order valence-corrected chi connectivity index (χ2v) is 12.9. The molecule has 2 amide bonds. The first kappa shape index (κ1) is 30.7. The van der Waals surface area contributed by atoms with Gasteiger partial charge in [0.15, 0.2) is 5.54 Å². The molecule has 10 nitrogen and oxygen atoms in total. The Bertz CT molecular complexity index is 1710. The smallest absolute Gasteiger partial charge is 0.274 e. The molecule has 3 aromatic rings. The molecule has 2 aliphatic heterocycles. The van der Waals surface area contributed by atoms with Gasteiger partial charge in [-0.1, -0.05) is 23.7 Å². The van der Waals surface area contributed by atoms with Gasteiger partial charge >= 0.3 is 0 Å². The normalized spacial score (nSPS) is 20.2. The average molecular weight is 628 g/mol. The van der Waals surface area contributed by atoms with Crippen molar-refractivity contribution in [2.75, 3.05) is 46.3 Å². The summed E-state index contributed by atoms with van der Waals surface area (Å²) in [5.41, 5.74) is -0.171. The summed E-state index contributed by atoms with van der Waals surface area (Å²) in [6.07, 6.45) is 1.09. The molecule has 3 aromatic carbocycles. The number of anilines is 1. The Morgan fingerprint density at radius 1 is 1.00 bits per heavy atom. The summed E-state index contributed by atoms with van der Waals surface area (Å²) in [4.78, 5) is 32.0. The lowest BCUT2D eigenvalue weighted by Crippen LogP contribution is -2.59. The van der Waals surface area contributed by atoms with E-state index in [0.717, 1.165) is 4.31 Å². The van der Waals surface area contributed by atoms with Crippen LogP contribution in [0.2, 0.25) is 5.02 Å². The van der Waals surface area contributed by atoms with Gasteiger partial charge in [-0.05, 0) is 61.7 Å². The van der Waals surface area contributed by atoms with Crippen LogP contribution in [-0.2, 0) is 25.2 Å². The highest BCUT2D eigenvalue weighted by Gasteiger charge is 2.63. The number of carbonyl (C=O) groups is 2. The van der Waals surface area contributed by atoms with E-state index in [1.165, 1.54) is 50.5 Å². The predicted molar refractivity (Wildman–Crippen MR) is 163 cm³/mol. The van der Waals surface area contributed by atoms with Crippen LogP contribution in [0.1, 0.15) is 29.5 Å². The molecule has 43 heavy (non-hydrogen) atoms. The van der Waals surface area contributed by atoms with Crippen molar-refractivity contribution in [3.63, 3.8) is 0 Å². The van der Waals surface area contributed by atoms with E-state index < -0.39 is 27.5 Å². The third-order valence-electron chi connectivity index (χ3n) is 8.18. The molecular weight excluding hydrogens is 594 g/mol. The third kappa shape index (κ3) is 4.61. The molecule has 2 heterocycles. The Morgan fingerprint density at radius 3 is 2.37 bits per heavy atom. The number of aryl methyl sites for hydroxylation is 1. The van der Waals surface area contributed by atoms with Crippen LogP contribution in [0.4, 0.5) is 5.69 Å². The van der Waals surface area contributed by atoms with Gasteiger partial charge in [0.1, 0.15) is 22.1 Å². The number of halogens is 1. The van der Waals surface area contributed by atoms with Crippen LogP contribution in [-0.4, -0.2) is 78.0 Å². The molecule has 0 spiro atoms. The van der Waals surface area contributed by atoms with Crippen LogP contribution >= 0.6 is 11.6 Å². The summed E-state index contributed by atoms with van der Waals surface area (Å²) in [5.74, 6) is -0.191. The number of carbonyl (C=O) groups excluding carboxylic acids is 2. The largest absolute Gasteiger partial charge is 0.497 e. The van der Waals surface area contributed by atoms with Gasteiger partial charge in [-0.25, -0.2) is 12.7 Å². The fourth-order valence-corrected chi connectivity index (χ4v) is 8.11. The van der Waals surface area contributed by atoms with Crippen LogP contribution in [0.15, 0.2) is 59.5 Å². The van der Waals surface area contributed by atoms with Crippen molar-refractivity contribution in [3.05, 3.63) is 76.3 Å². The summed E-state index contributed by atoms with van der Waals surface area (Å²) in [5, 5.41) is 0.305. The Hall–Kier alpha value is -3.80. The number of hydrogen-bond acceptors (Lipinski definition) is 8. The second kappa shape index (κ2) is 11.4. The molecule has 1 saturated heterocycles. The lowest BCUT2D eigenvalue weighted by atomic mass is 9.78. The highest BCUT2D eigenvalue weighted by atomic mass is 35.5. The van der Waals surface area contributed by atoms with E-state index in [4.69, 9.17) is 25.8 Å². The number of fused-ring (bicyclic) bond motifs is 1. The summed E-state index contributed by atoms with van der Waals surface area (Å²) < 4.78 is 46.5. The number of ether oxygens (including phenoxy) is 3. The van der Waals surface area contributed by atoms with Crippen LogP contribution in [0.25, 0.3) is 0 Å². The van der Waals surface area contributed by atoms with Crippen molar-refractivity contribution in [3.8, 4) is 17.2 Å². The van der Waals surface area contributed by atoms with Crippen molar-refractivity contribution in [1.82, 2.24) is 9.80 Å². The molecule has 5 rings (SSSR count). The number of likely N-dealkylation sites (N-methyl/N-ethyl adjacent to an activating group) is 1. The molecule has 1 unspecified atom stereocenters. The lowest BCUT2D eigenvalue weighted by Gasteiger charge is -2.42. The zero-order valence-electron chi connectivity index (χ0n) is 24.9. The van der Waals surface area contributed by atoms with Gasteiger partial charge in [-0.15, -0.1) is 0 Å². The van der Waals surface area contributed by atoms with E-state index in [1.54, 1.807) is 38.4 Å². The number of likely N-dealkylation sites (tertiary alicyclic amines) is 1. The van der Waals surface area contributed by atoms with E-state index in [1.807, 2.05) is 17.9 Å². The first-order valence-electron chi connectivity index (χ1n) is 13.7. The molecule has 0 aromatic heterocycles. The summed E-state index contributed by atoms with van der Waals surface area (Å²) in [7, 11) is 3.04. The van der Waals surface area contributed by atoms with Crippen LogP contribution in [0.3, 0.4) is 0 Å². The Balaban J connectivity index is 1.88. The topological polar surface area (TPSA) is 106 Å². The van der Waals surface area contributed by atoms with E-state index in [0.29, 0.717) is 52.6 Å². The quantitative estimate of drug-likeness (QED) is 0.366. The number of amides is 2. The van der Waals surface area contributed by atoms with Gasteiger partial charge in [0.2, 0.25) is 5.91 Å². The first-order chi connectivity index (χ1) is 20.4. The highest BCUT2D eigenvalue weighted by molar-refractivity contribution is 7.93. The number of rotatable bonds is 8. The van der Waals surface area contributed by atoms with Crippen molar-refractivity contribution >= 4 is 39.1 Å². The van der Waals surface area contributed by atoms with E-state index in [2.05, 4.69) is 0 Å². The standard InChI is InChI=1S/C31H34ClN3O7S/c1-19-9-7-11-25(41-5)28(19)31(34-16-8-10-24(34)29(36)33(2)3)22-17-20(32)12-14-23(22)35(30(31)37)43(38,39)27-15-13-21(40-4)18-26(27)42-6/h7,9,11-15,17-18,24H,8,10,16H2,1-6H3/t24-,31?/m0/s1. The molecule has 2 aliphatic rings. The SMILES string of the molecule is COc1ccc(S(=O)(=O)N2C(=O)C(c3c(C)cccc3OC)(N3CCC[C@H]3C(=O)N(C)C)c3cc(Cl)ccc32)c(OC)c1. The molecule has 12 heteroatoms. The molecule has 1 fully saturated rings. The van der Waals surface area contributed by atoms with Crippen molar-refractivity contribution in [2.45, 2.75) is 36.2 Å². The molecule has 0 aliphatic carbocycles. The van der Waals surface area contributed by atoms with Gasteiger partial charge in [0.25, 0.3) is 15.9 Å². The third-order valence-corrected chi connectivity index (χ3v) is 10.1. The minimum atomic E-state index is -4.58. The Labute approximate surface area is 256 Å². The first-order valence-corrected chi connectivity index (χ1v) is 15.5. The molecule has 0 saturated carbocycles. The van der Waals surface area contributed by atoms with E-state index >= 15 is 4.79 Å².